The van der Waals surface area contributed by atoms with E-state index in [-0.39, 0.29) is 24.5 Å². The van der Waals surface area contributed by atoms with Crippen LogP contribution in [0, 0.1) is 10.1 Å². The van der Waals surface area contributed by atoms with Gasteiger partial charge in [-0.1, -0.05) is 19.1 Å². The maximum Gasteiger partial charge on any atom is 0.418 e. The van der Waals surface area contributed by atoms with Crippen molar-refractivity contribution in [3.8, 4) is 0 Å². The summed E-state index contributed by atoms with van der Waals surface area (Å²) in [6.45, 7) is 3.22. The van der Waals surface area contributed by atoms with Crippen LogP contribution in [0.4, 0.5) is 30.2 Å². The average Bonchev–Trinajstić information content (AvgIpc) is 2.71. The van der Waals surface area contributed by atoms with E-state index in [9.17, 15) is 32.9 Å². The van der Waals surface area contributed by atoms with Crippen LogP contribution in [0.2, 0.25) is 0 Å². The zero-order valence-electron chi connectivity index (χ0n) is 16.8. The van der Waals surface area contributed by atoms with Gasteiger partial charge in [-0.3, -0.25) is 24.6 Å². The van der Waals surface area contributed by atoms with Crippen molar-refractivity contribution in [2.45, 2.75) is 26.1 Å². The summed E-state index contributed by atoms with van der Waals surface area (Å²) in [4.78, 5) is 36.4. The minimum absolute atomic E-state index is 0.128. The van der Waals surface area contributed by atoms with Crippen molar-refractivity contribution in [1.29, 1.82) is 0 Å². The monoisotopic (exact) mass is 438 g/mol. The van der Waals surface area contributed by atoms with Crippen molar-refractivity contribution in [3.05, 3.63) is 64.2 Å². The fourth-order valence-electron chi connectivity index (χ4n) is 2.82. The minimum atomic E-state index is -4.62. The predicted molar refractivity (Wildman–Crippen MR) is 109 cm³/mol. The second-order valence-electron chi connectivity index (χ2n) is 6.62. The van der Waals surface area contributed by atoms with Crippen LogP contribution < -0.4 is 10.6 Å². The molecule has 0 spiro atoms. The molecule has 0 aromatic heterocycles. The molecule has 2 rings (SSSR count). The lowest BCUT2D eigenvalue weighted by molar-refractivity contribution is -0.384. The summed E-state index contributed by atoms with van der Waals surface area (Å²) >= 11 is 0. The standard InChI is InChI=1S/C20H21F3N4O4/c1-3-26(12-18(28)25-17-7-5-4-6-16(17)20(21,22)23)13(2)19(29)24-14-8-10-15(11-9-14)27(30)31/h4-11,13H,3,12H2,1-2H3,(H,24,29)(H,25,28). The maximum absolute atomic E-state index is 13.1. The summed E-state index contributed by atoms with van der Waals surface area (Å²) in [5.41, 5.74) is -1.12. The third-order valence-corrected chi connectivity index (χ3v) is 4.53. The SMILES string of the molecule is CCN(CC(=O)Nc1ccccc1C(F)(F)F)C(C)C(=O)Nc1ccc([N+](=O)[O-])cc1. The molecule has 0 fully saturated rings. The van der Waals surface area contributed by atoms with Gasteiger partial charge in [0.05, 0.1) is 28.8 Å². The summed E-state index contributed by atoms with van der Waals surface area (Å²) in [7, 11) is 0. The number of anilines is 2. The molecule has 31 heavy (non-hydrogen) atoms. The second-order valence-corrected chi connectivity index (χ2v) is 6.62. The van der Waals surface area contributed by atoms with Gasteiger partial charge in [0, 0.05) is 17.8 Å². The number of para-hydroxylation sites is 1. The predicted octanol–water partition coefficient (Wildman–Crippen LogP) is 3.90. The zero-order valence-corrected chi connectivity index (χ0v) is 16.8. The number of hydrogen-bond donors (Lipinski definition) is 2. The number of carbonyl (C=O) groups excluding carboxylic acids is 2. The quantitative estimate of drug-likeness (QED) is 0.481. The molecule has 2 N–H and O–H groups in total. The molecule has 1 unspecified atom stereocenters. The number of halogens is 3. The molecule has 0 aliphatic rings. The molecule has 0 radical (unpaired) electrons. The van der Waals surface area contributed by atoms with E-state index in [1.165, 1.54) is 41.3 Å². The Morgan fingerprint density at radius 3 is 2.26 bits per heavy atom. The van der Waals surface area contributed by atoms with Crippen molar-refractivity contribution in [3.63, 3.8) is 0 Å². The first kappa shape index (κ1) is 23.8. The highest BCUT2D eigenvalue weighted by molar-refractivity contribution is 5.96. The minimum Gasteiger partial charge on any atom is -0.325 e. The lowest BCUT2D eigenvalue weighted by atomic mass is 10.1. The van der Waals surface area contributed by atoms with Crippen LogP contribution in [-0.4, -0.2) is 40.8 Å². The molecule has 8 nitrogen and oxygen atoms in total. The summed E-state index contributed by atoms with van der Waals surface area (Å²) in [6.07, 6.45) is -4.62. The Morgan fingerprint density at radius 2 is 1.71 bits per heavy atom. The van der Waals surface area contributed by atoms with E-state index in [0.29, 0.717) is 5.69 Å². The van der Waals surface area contributed by atoms with E-state index in [4.69, 9.17) is 0 Å². The summed E-state index contributed by atoms with van der Waals surface area (Å²) in [5.74, 6) is -1.17. The molecule has 2 amide bonds. The molecule has 0 heterocycles. The fourth-order valence-corrected chi connectivity index (χ4v) is 2.82. The van der Waals surface area contributed by atoms with E-state index in [1.54, 1.807) is 13.8 Å². The Bertz CT molecular complexity index is 948. The molecule has 0 bridgehead atoms. The largest absolute Gasteiger partial charge is 0.418 e. The number of hydrogen-bond acceptors (Lipinski definition) is 5. The normalized spacial score (nSPS) is 12.3. The number of amides is 2. The second kappa shape index (κ2) is 10.0. The topological polar surface area (TPSA) is 105 Å². The van der Waals surface area contributed by atoms with Gasteiger partial charge in [0.1, 0.15) is 0 Å². The summed E-state index contributed by atoms with van der Waals surface area (Å²) < 4.78 is 39.3. The van der Waals surface area contributed by atoms with E-state index in [2.05, 4.69) is 10.6 Å². The van der Waals surface area contributed by atoms with Gasteiger partial charge in [-0.2, -0.15) is 13.2 Å². The van der Waals surface area contributed by atoms with Crippen LogP contribution in [0.1, 0.15) is 19.4 Å². The number of rotatable bonds is 8. The van der Waals surface area contributed by atoms with E-state index in [0.717, 1.165) is 12.1 Å². The number of carbonyl (C=O) groups is 2. The first-order valence-electron chi connectivity index (χ1n) is 9.28. The molecule has 0 saturated carbocycles. The number of benzene rings is 2. The van der Waals surface area contributed by atoms with E-state index < -0.39 is 34.5 Å². The number of alkyl halides is 3. The molecule has 0 aliphatic heterocycles. The van der Waals surface area contributed by atoms with Crippen LogP contribution in [-0.2, 0) is 15.8 Å². The van der Waals surface area contributed by atoms with E-state index >= 15 is 0 Å². The molecule has 2 aromatic rings. The van der Waals surface area contributed by atoms with Crippen molar-refractivity contribution < 1.29 is 27.7 Å². The van der Waals surface area contributed by atoms with Crippen LogP contribution >= 0.6 is 0 Å². The molecule has 2 aromatic carbocycles. The van der Waals surface area contributed by atoms with Gasteiger partial charge in [0.15, 0.2) is 0 Å². The highest BCUT2D eigenvalue weighted by Crippen LogP contribution is 2.34. The van der Waals surface area contributed by atoms with Crippen molar-refractivity contribution in [1.82, 2.24) is 4.90 Å². The highest BCUT2D eigenvalue weighted by atomic mass is 19.4. The fraction of sp³-hybridized carbons (Fsp3) is 0.300. The van der Waals surface area contributed by atoms with Gasteiger partial charge in [-0.05, 0) is 37.7 Å². The summed E-state index contributed by atoms with van der Waals surface area (Å²) in [6, 6.07) is 9.06. The first-order chi connectivity index (χ1) is 14.5. The maximum atomic E-state index is 13.1. The number of nitro benzene ring substituents is 1. The van der Waals surface area contributed by atoms with Gasteiger partial charge in [0.2, 0.25) is 11.8 Å². The first-order valence-corrected chi connectivity index (χ1v) is 9.28. The van der Waals surface area contributed by atoms with Gasteiger partial charge in [-0.25, -0.2) is 0 Å². The van der Waals surface area contributed by atoms with Gasteiger partial charge >= 0.3 is 6.18 Å². The van der Waals surface area contributed by atoms with Gasteiger partial charge in [0.25, 0.3) is 5.69 Å². The molecule has 166 valence electrons. The van der Waals surface area contributed by atoms with Crippen LogP contribution in [0.15, 0.2) is 48.5 Å². The van der Waals surface area contributed by atoms with Crippen molar-refractivity contribution in [2.75, 3.05) is 23.7 Å². The molecule has 0 aliphatic carbocycles. The van der Waals surface area contributed by atoms with E-state index in [1.807, 2.05) is 0 Å². The lowest BCUT2D eigenvalue weighted by Crippen LogP contribution is -2.45. The van der Waals surface area contributed by atoms with Gasteiger partial charge in [-0.15, -0.1) is 0 Å². The van der Waals surface area contributed by atoms with Crippen LogP contribution in [0.3, 0.4) is 0 Å². The zero-order chi connectivity index (χ0) is 23.2. The molecule has 0 saturated heterocycles. The third-order valence-electron chi connectivity index (χ3n) is 4.53. The number of likely N-dealkylation sites (N-methyl/N-ethyl adjacent to an activating group) is 1. The van der Waals surface area contributed by atoms with Crippen molar-refractivity contribution in [2.24, 2.45) is 0 Å². The Morgan fingerprint density at radius 1 is 1.10 bits per heavy atom. The van der Waals surface area contributed by atoms with Crippen molar-refractivity contribution >= 4 is 28.9 Å². The third kappa shape index (κ3) is 6.51. The van der Waals surface area contributed by atoms with Crippen LogP contribution in [0.25, 0.3) is 0 Å². The number of non-ortho nitro benzene ring substituents is 1. The highest BCUT2D eigenvalue weighted by Gasteiger charge is 2.33. The molecule has 1 atom stereocenters. The summed E-state index contributed by atoms with van der Waals surface area (Å²) in [5, 5.41) is 15.5. The average molecular weight is 438 g/mol. The number of nitrogens with zero attached hydrogens (tertiary/aromatic N) is 2. The number of nitro groups is 1. The Kier molecular flexibility index (Phi) is 7.70. The molecular formula is C20H21F3N4O4. The molecular weight excluding hydrogens is 417 g/mol. The Balaban J connectivity index is 2.02. The number of nitrogens with one attached hydrogen (secondary N) is 2. The van der Waals surface area contributed by atoms with Crippen LogP contribution in [0.5, 0.6) is 0 Å². The smallest absolute Gasteiger partial charge is 0.325 e. The Labute approximate surface area is 176 Å². The lowest BCUT2D eigenvalue weighted by Gasteiger charge is -2.26. The van der Waals surface area contributed by atoms with Gasteiger partial charge < -0.3 is 10.6 Å². The molecule has 11 heteroatoms. The Hall–Kier alpha value is -3.47.